The van der Waals surface area contributed by atoms with Gasteiger partial charge in [-0.05, 0) is 56.6 Å². The molecule has 1 amide bonds. The van der Waals surface area contributed by atoms with E-state index in [2.05, 4.69) is 40.5 Å². The van der Waals surface area contributed by atoms with Gasteiger partial charge in [-0.3, -0.25) is 4.79 Å². The minimum Gasteiger partial charge on any atom is -0.341 e. The maximum atomic E-state index is 12.3. The van der Waals surface area contributed by atoms with Crippen molar-refractivity contribution in [2.24, 2.45) is 5.92 Å². The molecule has 0 radical (unpaired) electrons. The summed E-state index contributed by atoms with van der Waals surface area (Å²) in [5.74, 6) is 1.12. The van der Waals surface area contributed by atoms with Crippen LogP contribution in [0, 0.1) is 5.92 Å². The lowest BCUT2D eigenvalue weighted by Crippen LogP contribution is -2.47. The molecule has 2 heterocycles. The van der Waals surface area contributed by atoms with Gasteiger partial charge in [-0.1, -0.05) is 30.3 Å². The van der Waals surface area contributed by atoms with Crippen molar-refractivity contribution in [1.82, 2.24) is 10.2 Å². The molecule has 2 fully saturated rings. The van der Waals surface area contributed by atoms with E-state index >= 15 is 0 Å². The highest BCUT2D eigenvalue weighted by molar-refractivity contribution is 5.82. The normalized spacial score (nSPS) is 23.4. The zero-order valence-corrected chi connectivity index (χ0v) is 12.8. The number of nitrogens with one attached hydrogen (secondary N) is 1. The molecular weight excluding hydrogens is 260 g/mol. The Hall–Kier alpha value is -1.35. The SMILES string of the molecule is O=C(C1CCCN1)N1CCC(CCc2ccccc2)CC1. The van der Waals surface area contributed by atoms with Crippen LogP contribution in [0.5, 0.6) is 0 Å². The number of amides is 1. The molecule has 0 saturated carbocycles. The average Bonchev–Trinajstić information content (AvgIpc) is 3.08. The van der Waals surface area contributed by atoms with E-state index in [1.165, 1.54) is 31.2 Å². The molecule has 1 unspecified atom stereocenters. The summed E-state index contributed by atoms with van der Waals surface area (Å²) >= 11 is 0. The van der Waals surface area contributed by atoms with Gasteiger partial charge in [0.25, 0.3) is 0 Å². The fourth-order valence-electron chi connectivity index (χ4n) is 3.57. The highest BCUT2D eigenvalue weighted by Crippen LogP contribution is 2.23. The lowest BCUT2D eigenvalue weighted by atomic mass is 9.90. The largest absolute Gasteiger partial charge is 0.341 e. The second kappa shape index (κ2) is 7.08. The lowest BCUT2D eigenvalue weighted by Gasteiger charge is -2.33. The zero-order valence-electron chi connectivity index (χ0n) is 12.8. The summed E-state index contributed by atoms with van der Waals surface area (Å²) in [6.07, 6.45) is 6.94. The van der Waals surface area contributed by atoms with Crippen molar-refractivity contribution in [3.8, 4) is 0 Å². The van der Waals surface area contributed by atoms with E-state index in [0.717, 1.165) is 38.4 Å². The molecule has 2 aliphatic heterocycles. The third kappa shape index (κ3) is 3.85. The third-order valence-corrected chi connectivity index (χ3v) is 4.97. The van der Waals surface area contributed by atoms with E-state index in [1.54, 1.807) is 0 Å². The third-order valence-electron chi connectivity index (χ3n) is 4.97. The standard InChI is InChI=1S/C18H26N2O/c21-18(17-7-4-12-19-17)20-13-10-16(11-14-20)9-8-15-5-2-1-3-6-15/h1-3,5-6,16-17,19H,4,7-14H2. The molecule has 0 bridgehead atoms. The van der Waals surface area contributed by atoms with E-state index in [4.69, 9.17) is 0 Å². The Balaban J connectivity index is 1.41. The van der Waals surface area contributed by atoms with Gasteiger partial charge in [0, 0.05) is 13.1 Å². The van der Waals surface area contributed by atoms with Gasteiger partial charge < -0.3 is 10.2 Å². The maximum Gasteiger partial charge on any atom is 0.239 e. The summed E-state index contributed by atoms with van der Waals surface area (Å²) < 4.78 is 0. The van der Waals surface area contributed by atoms with Gasteiger partial charge in [-0.25, -0.2) is 0 Å². The Bertz CT molecular complexity index is 446. The fraction of sp³-hybridized carbons (Fsp3) is 0.611. The van der Waals surface area contributed by atoms with E-state index in [0.29, 0.717) is 5.91 Å². The molecule has 0 spiro atoms. The van der Waals surface area contributed by atoms with Crippen LogP contribution >= 0.6 is 0 Å². The molecule has 3 heteroatoms. The van der Waals surface area contributed by atoms with Crippen LogP contribution in [-0.4, -0.2) is 36.5 Å². The summed E-state index contributed by atoms with van der Waals surface area (Å²) in [5, 5.41) is 3.32. The Morgan fingerprint density at radius 3 is 2.57 bits per heavy atom. The van der Waals surface area contributed by atoms with Crippen LogP contribution in [0.25, 0.3) is 0 Å². The van der Waals surface area contributed by atoms with Gasteiger partial charge in [0.1, 0.15) is 0 Å². The highest BCUT2D eigenvalue weighted by atomic mass is 16.2. The Kier molecular flexibility index (Phi) is 4.91. The second-order valence-corrected chi connectivity index (χ2v) is 6.44. The van der Waals surface area contributed by atoms with Crippen LogP contribution in [0.4, 0.5) is 0 Å². The van der Waals surface area contributed by atoms with Crippen LogP contribution in [0.15, 0.2) is 30.3 Å². The summed E-state index contributed by atoms with van der Waals surface area (Å²) in [4.78, 5) is 14.4. The van der Waals surface area contributed by atoms with E-state index in [9.17, 15) is 4.79 Å². The monoisotopic (exact) mass is 286 g/mol. The molecular formula is C18H26N2O. The number of rotatable bonds is 4. The molecule has 0 aliphatic carbocycles. The van der Waals surface area contributed by atoms with Crippen molar-refractivity contribution in [2.75, 3.05) is 19.6 Å². The first kappa shape index (κ1) is 14.6. The molecule has 114 valence electrons. The first-order valence-electron chi connectivity index (χ1n) is 8.39. The van der Waals surface area contributed by atoms with Gasteiger partial charge in [0.2, 0.25) is 5.91 Å². The van der Waals surface area contributed by atoms with Gasteiger partial charge in [-0.15, -0.1) is 0 Å². The van der Waals surface area contributed by atoms with E-state index in [-0.39, 0.29) is 6.04 Å². The van der Waals surface area contributed by atoms with E-state index in [1.807, 2.05) is 0 Å². The van der Waals surface area contributed by atoms with Crippen LogP contribution in [0.2, 0.25) is 0 Å². The summed E-state index contributed by atoms with van der Waals surface area (Å²) in [7, 11) is 0. The number of aryl methyl sites for hydroxylation is 1. The topological polar surface area (TPSA) is 32.3 Å². The number of nitrogens with zero attached hydrogens (tertiary/aromatic N) is 1. The van der Waals surface area contributed by atoms with E-state index < -0.39 is 0 Å². The van der Waals surface area contributed by atoms with Crippen molar-refractivity contribution in [3.63, 3.8) is 0 Å². The van der Waals surface area contributed by atoms with Crippen molar-refractivity contribution < 1.29 is 4.79 Å². The van der Waals surface area contributed by atoms with Crippen LogP contribution in [0.3, 0.4) is 0 Å². The molecule has 1 aromatic rings. The van der Waals surface area contributed by atoms with Gasteiger partial charge in [-0.2, -0.15) is 0 Å². The van der Waals surface area contributed by atoms with Crippen LogP contribution in [0.1, 0.15) is 37.7 Å². The molecule has 1 atom stereocenters. The molecule has 0 aromatic heterocycles. The number of carbonyl (C=O) groups is 1. The first-order chi connectivity index (χ1) is 10.3. The Morgan fingerprint density at radius 1 is 1.14 bits per heavy atom. The summed E-state index contributed by atoms with van der Waals surface area (Å²) in [5.41, 5.74) is 1.44. The maximum absolute atomic E-state index is 12.3. The van der Waals surface area contributed by atoms with Gasteiger partial charge in [0.15, 0.2) is 0 Å². The number of hydrogen-bond acceptors (Lipinski definition) is 2. The Morgan fingerprint density at radius 2 is 1.90 bits per heavy atom. The van der Waals surface area contributed by atoms with Crippen molar-refractivity contribution in [3.05, 3.63) is 35.9 Å². The predicted molar refractivity (Wildman–Crippen MR) is 85.1 cm³/mol. The lowest BCUT2D eigenvalue weighted by molar-refractivity contribution is -0.134. The number of hydrogen-bond donors (Lipinski definition) is 1. The number of piperidine rings is 1. The van der Waals surface area contributed by atoms with Crippen LogP contribution in [-0.2, 0) is 11.2 Å². The summed E-state index contributed by atoms with van der Waals surface area (Å²) in [6, 6.07) is 10.8. The zero-order chi connectivity index (χ0) is 14.5. The van der Waals surface area contributed by atoms with Crippen molar-refractivity contribution >= 4 is 5.91 Å². The number of benzene rings is 1. The van der Waals surface area contributed by atoms with Crippen molar-refractivity contribution in [1.29, 1.82) is 0 Å². The van der Waals surface area contributed by atoms with Gasteiger partial charge in [0.05, 0.1) is 6.04 Å². The minimum atomic E-state index is 0.103. The average molecular weight is 286 g/mol. The fourth-order valence-corrected chi connectivity index (χ4v) is 3.57. The summed E-state index contributed by atoms with van der Waals surface area (Å²) in [6.45, 7) is 2.91. The smallest absolute Gasteiger partial charge is 0.239 e. The number of likely N-dealkylation sites (tertiary alicyclic amines) is 1. The van der Waals surface area contributed by atoms with Crippen LogP contribution < -0.4 is 5.32 Å². The Labute approximate surface area is 127 Å². The second-order valence-electron chi connectivity index (χ2n) is 6.44. The highest BCUT2D eigenvalue weighted by Gasteiger charge is 2.29. The van der Waals surface area contributed by atoms with Crippen molar-refractivity contribution in [2.45, 2.75) is 44.6 Å². The predicted octanol–water partition coefficient (Wildman–Crippen LogP) is 2.61. The van der Waals surface area contributed by atoms with Gasteiger partial charge >= 0.3 is 0 Å². The minimum absolute atomic E-state index is 0.103. The molecule has 21 heavy (non-hydrogen) atoms. The molecule has 3 nitrogen and oxygen atoms in total. The number of carbonyl (C=O) groups excluding carboxylic acids is 1. The molecule has 2 saturated heterocycles. The molecule has 1 N–H and O–H groups in total. The molecule has 1 aromatic carbocycles. The first-order valence-corrected chi connectivity index (χ1v) is 8.39. The quantitative estimate of drug-likeness (QED) is 0.923. The molecule has 2 aliphatic rings. The molecule has 3 rings (SSSR count).